The molecule has 0 radical (unpaired) electrons. The first kappa shape index (κ1) is 45.2. The number of carboxylic acid groups (broad SMARTS) is 2. The second kappa shape index (κ2) is 35.2. The summed E-state index contributed by atoms with van der Waals surface area (Å²) in [6, 6.07) is 0. The first-order chi connectivity index (χ1) is 18.0. The molecule has 3 unspecified atom stereocenters. The number of aliphatic carboxylic acids is 2. The van der Waals surface area contributed by atoms with Gasteiger partial charge < -0.3 is 48.2 Å². The third-order valence-electron chi connectivity index (χ3n) is 4.59. The van der Waals surface area contributed by atoms with Crippen LogP contribution in [-0.4, -0.2) is 107 Å². The molecule has 0 saturated carbocycles. The Kier molecular flexibility index (Phi) is 40.8. The molecule has 0 bridgehead atoms. The van der Waals surface area contributed by atoms with Crippen molar-refractivity contribution in [2.24, 2.45) is 0 Å². The fourth-order valence-electron chi connectivity index (χ4n) is 1.95. The Hall–Kier alpha value is -0.830. The van der Waals surface area contributed by atoms with Gasteiger partial charge >= 0.3 is 41.5 Å². The fourth-order valence-corrected chi connectivity index (χ4v) is 1.95. The first-order valence-corrected chi connectivity index (χ1v) is 13.2. The maximum Gasteiger partial charge on any atom is 1.00 e. The van der Waals surface area contributed by atoms with E-state index in [0.717, 1.165) is 19.3 Å². The van der Waals surface area contributed by atoms with Crippen molar-refractivity contribution in [1.82, 2.24) is 0 Å². The van der Waals surface area contributed by atoms with Gasteiger partial charge in [-0.05, 0) is 47.0 Å². The van der Waals surface area contributed by atoms with Gasteiger partial charge in [-0.3, -0.25) is 0 Å². The Labute approximate surface area is 256 Å². The summed E-state index contributed by atoms with van der Waals surface area (Å²) < 4.78 is 35.0. The smallest absolute Gasteiger partial charge is 0.548 e. The zero-order valence-electron chi connectivity index (χ0n) is 25.4. The van der Waals surface area contributed by atoms with Gasteiger partial charge in [0.15, 0.2) is 0 Å². The molecule has 0 aliphatic carbocycles. The average Bonchev–Trinajstić information content (AvgIpc) is 2.88. The van der Waals surface area contributed by atoms with E-state index in [1.807, 2.05) is 34.6 Å². The number of ether oxygens (including phenoxy) is 7. The molecule has 0 rings (SSSR count). The van der Waals surface area contributed by atoms with Gasteiger partial charge in [-0.2, -0.15) is 0 Å². The van der Waals surface area contributed by atoms with Crippen molar-refractivity contribution < 1.29 is 87.3 Å². The van der Waals surface area contributed by atoms with Crippen LogP contribution in [0.4, 0.5) is 0 Å². The van der Waals surface area contributed by atoms with Crippen LogP contribution in [0.15, 0.2) is 0 Å². The second-order valence-electron chi connectivity index (χ2n) is 8.00. The Balaban J connectivity index is -0.000000234. The number of carboxylic acids is 2. The van der Waals surface area contributed by atoms with Gasteiger partial charge in [0.1, 0.15) is 13.2 Å². The molecule has 12 nitrogen and oxygen atoms in total. The van der Waals surface area contributed by atoms with Crippen molar-refractivity contribution in [3.8, 4) is 0 Å². The number of hydrogen-bond acceptors (Lipinski definition) is 11. The van der Waals surface area contributed by atoms with Crippen LogP contribution in [0.25, 0.3) is 0 Å². The Morgan fingerprint density at radius 3 is 1.31 bits per heavy atom. The molecule has 39 heavy (non-hydrogen) atoms. The number of rotatable bonds is 22. The normalized spacial score (nSPS) is 12.4. The Morgan fingerprint density at radius 2 is 1.00 bits per heavy atom. The van der Waals surface area contributed by atoms with Crippen molar-refractivity contribution in [2.45, 2.75) is 86.0 Å². The molecule has 0 amide bonds. The van der Waals surface area contributed by atoms with E-state index in [1.165, 1.54) is 0 Å². The standard InChI is InChI=1S/C10H20O4.2C8H16O4.Na/c1-4-9(3)14-7-6-12-8-10(11)13-5-2;2*1-3-7(2)12-5-4-11-6-8(9)10;/h9H,4-8H2,1-3H3;2*7H,3-6H2,1-2H3,(H,9,10);/q;;;+1/p-1. The van der Waals surface area contributed by atoms with E-state index in [1.54, 1.807) is 6.92 Å². The number of carbonyl (C=O) groups excluding carboxylic acids is 2. The van der Waals surface area contributed by atoms with Crippen molar-refractivity contribution in [3.05, 3.63) is 0 Å². The van der Waals surface area contributed by atoms with Gasteiger partial charge in [0, 0.05) is 0 Å². The van der Waals surface area contributed by atoms with E-state index < -0.39 is 11.9 Å². The Morgan fingerprint density at radius 1 is 0.641 bits per heavy atom. The zero-order valence-corrected chi connectivity index (χ0v) is 27.4. The van der Waals surface area contributed by atoms with E-state index in [9.17, 15) is 19.5 Å². The number of carbonyl (C=O) groups is 3. The van der Waals surface area contributed by atoms with Crippen molar-refractivity contribution >= 4 is 17.9 Å². The largest absolute Gasteiger partial charge is 1.00 e. The summed E-state index contributed by atoms with van der Waals surface area (Å²) in [6.45, 7) is 16.1. The zero-order chi connectivity index (χ0) is 29.6. The van der Waals surface area contributed by atoms with Gasteiger partial charge in [-0.15, -0.1) is 0 Å². The van der Waals surface area contributed by atoms with Crippen molar-refractivity contribution in [3.63, 3.8) is 0 Å². The maximum absolute atomic E-state index is 10.8. The van der Waals surface area contributed by atoms with E-state index in [-0.39, 0.29) is 73.7 Å². The predicted molar refractivity (Wildman–Crippen MR) is 139 cm³/mol. The molecule has 1 N–H and O–H groups in total. The van der Waals surface area contributed by atoms with E-state index >= 15 is 0 Å². The van der Waals surface area contributed by atoms with Crippen LogP contribution < -0.4 is 34.7 Å². The summed E-state index contributed by atoms with van der Waals surface area (Å²) >= 11 is 0. The van der Waals surface area contributed by atoms with Gasteiger partial charge in [0.2, 0.25) is 0 Å². The topological polar surface area (TPSA) is 159 Å². The minimum Gasteiger partial charge on any atom is -0.548 e. The van der Waals surface area contributed by atoms with E-state index in [4.69, 9.17) is 33.5 Å². The van der Waals surface area contributed by atoms with Crippen LogP contribution in [0.5, 0.6) is 0 Å². The minimum atomic E-state index is -1.20. The van der Waals surface area contributed by atoms with Gasteiger partial charge in [-0.1, -0.05) is 20.8 Å². The van der Waals surface area contributed by atoms with Crippen LogP contribution in [-0.2, 0) is 47.5 Å². The van der Waals surface area contributed by atoms with Crippen LogP contribution >= 0.6 is 0 Å². The summed E-state index contributed by atoms with van der Waals surface area (Å²) in [5, 5.41) is 18.1. The molecule has 3 atom stereocenters. The fraction of sp³-hybridized carbons (Fsp3) is 0.885. The molecule has 228 valence electrons. The molecule has 0 aliphatic rings. The Bertz CT molecular complexity index is 521. The number of esters is 1. The molecule has 0 fully saturated rings. The molecular weight excluding hydrogens is 527 g/mol. The summed E-state index contributed by atoms with van der Waals surface area (Å²) in [7, 11) is 0. The van der Waals surface area contributed by atoms with Crippen LogP contribution in [0.2, 0.25) is 0 Å². The molecule has 0 heterocycles. The van der Waals surface area contributed by atoms with E-state index in [0.29, 0.717) is 46.2 Å². The molecule has 0 aliphatic heterocycles. The molecule has 0 aromatic rings. The summed E-state index contributed by atoms with van der Waals surface area (Å²) in [4.78, 5) is 30.7. The van der Waals surface area contributed by atoms with Gasteiger partial charge in [-0.25, -0.2) is 9.59 Å². The van der Waals surface area contributed by atoms with Gasteiger partial charge in [0.05, 0.1) is 77.1 Å². The third kappa shape index (κ3) is 44.4. The van der Waals surface area contributed by atoms with Gasteiger partial charge in [0.25, 0.3) is 0 Å². The van der Waals surface area contributed by atoms with Crippen LogP contribution in [0.3, 0.4) is 0 Å². The van der Waals surface area contributed by atoms with Crippen molar-refractivity contribution in [2.75, 3.05) is 66.1 Å². The van der Waals surface area contributed by atoms with Crippen LogP contribution in [0, 0.1) is 0 Å². The third-order valence-corrected chi connectivity index (χ3v) is 4.59. The molecule has 0 saturated heterocycles. The first-order valence-electron chi connectivity index (χ1n) is 13.2. The summed E-state index contributed by atoms with van der Waals surface area (Å²) in [5.74, 6) is -2.46. The van der Waals surface area contributed by atoms with Crippen LogP contribution in [0.1, 0.15) is 67.7 Å². The van der Waals surface area contributed by atoms with E-state index in [2.05, 4.69) is 11.7 Å². The molecule has 13 heteroatoms. The second-order valence-corrected chi connectivity index (χ2v) is 8.00. The minimum absolute atomic E-state index is 0. The molecule has 0 spiro atoms. The molecule has 0 aromatic carbocycles. The maximum atomic E-state index is 10.8. The SMILES string of the molecule is CCC(C)OCCOCC(=O)O.CCC(C)OCCOCC(=O)[O-].CCOC(=O)COCCOC(C)CC.[Na+]. The predicted octanol–water partition coefficient (Wildman–Crippen LogP) is -1.14. The average molecular weight is 579 g/mol. The molecular formula is C26H51NaO12. The number of hydrogen-bond donors (Lipinski definition) is 1. The molecule has 0 aromatic heterocycles. The monoisotopic (exact) mass is 578 g/mol. The van der Waals surface area contributed by atoms with Crippen molar-refractivity contribution in [1.29, 1.82) is 0 Å². The quantitative estimate of drug-likeness (QED) is 0.0936. The summed E-state index contributed by atoms with van der Waals surface area (Å²) in [5.41, 5.74) is 0. The summed E-state index contributed by atoms with van der Waals surface area (Å²) in [6.07, 6.45) is 3.56.